The van der Waals surface area contributed by atoms with E-state index in [-0.39, 0.29) is 0 Å². The summed E-state index contributed by atoms with van der Waals surface area (Å²) in [4.78, 5) is 0. The molecule has 0 spiro atoms. The number of hydrogen-bond donors (Lipinski definition) is 0. The lowest BCUT2D eigenvalue weighted by Crippen LogP contribution is -2.53. The van der Waals surface area contributed by atoms with E-state index < -0.39 is 16.6 Å². The summed E-state index contributed by atoms with van der Waals surface area (Å²) in [7, 11) is -2.87. The molecule has 0 aromatic rings. The van der Waals surface area contributed by atoms with E-state index in [1.807, 2.05) is 0 Å². The summed E-state index contributed by atoms with van der Waals surface area (Å²) in [5.74, 6) is 3.73. The Morgan fingerprint density at radius 3 is 2.00 bits per heavy atom. The van der Waals surface area contributed by atoms with Crippen LogP contribution in [0.1, 0.15) is 71.6 Å². The molecule has 4 aliphatic carbocycles. The average Bonchev–Trinajstić information content (AvgIpc) is 2.88. The summed E-state index contributed by atoms with van der Waals surface area (Å²) in [6.45, 7) is 19.5. The lowest BCUT2D eigenvalue weighted by Gasteiger charge is -2.60. The first-order valence-corrected chi connectivity index (χ1v) is 19.5. The van der Waals surface area contributed by atoms with Crippen LogP contribution < -0.4 is 0 Å². The SMILES string of the molecule is C[C@]12CC[C@H]3[C@@H](CCC4CC(O[Si](C)(C)C)CC[C@@]43C)[C@@H]1CC(O[Si](C)(C)C)C2. The summed E-state index contributed by atoms with van der Waals surface area (Å²) >= 11 is 0. The van der Waals surface area contributed by atoms with E-state index >= 15 is 0 Å². The molecule has 4 saturated carbocycles. The van der Waals surface area contributed by atoms with Crippen LogP contribution in [0.15, 0.2) is 0 Å². The van der Waals surface area contributed by atoms with Gasteiger partial charge in [-0.2, -0.15) is 0 Å². The molecule has 0 amide bonds. The minimum atomic E-state index is -1.44. The summed E-state index contributed by atoms with van der Waals surface area (Å²) in [6, 6.07) is 0. The third-order valence-electron chi connectivity index (χ3n) is 9.39. The molecule has 4 aliphatic rings. The molecule has 0 bridgehead atoms. The van der Waals surface area contributed by atoms with Crippen LogP contribution in [-0.4, -0.2) is 28.8 Å². The number of hydrogen-bond acceptors (Lipinski definition) is 2. The molecular formula is C25H48O2Si2. The Bertz CT molecular complexity index is 609. The van der Waals surface area contributed by atoms with Gasteiger partial charge < -0.3 is 8.85 Å². The van der Waals surface area contributed by atoms with Crippen LogP contribution in [0, 0.1) is 34.5 Å². The monoisotopic (exact) mass is 436 g/mol. The minimum absolute atomic E-state index is 0.543. The third kappa shape index (κ3) is 4.47. The largest absolute Gasteiger partial charge is 0.415 e. The van der Waals surface area contributed by atoms with Gasteiger partial charge in [-0.1, -0.05) is 13.8 Å². The Kier molecular flexibility index (Phi) is 5.79. The van der Waals surface area contributed by atoms with Crippen LogP contribution in [0.2, 0.25) is 39.3 Å². The number of rotatable bonds is 4. The van der Waals surface area contributed by atoms with Gasteiger partial charge in [-0.15, -0.1) is 0 Å². The van der Waals surface area contributed by atoms with E-state index in [1.165, 1.54) is 57.8 Å². The first-order chi connectivity index (χ1) is 13.3. The molecule has 0 aromatic heterocycles. The molecule has 3 unspecified atom stereocenters. The molecule has 4 fully saturated rings. The van der Waals surface area contributed by atoms with E-state index in [4.69, 9.17) is 8.85 Å². The van der Waals surface area contributed by atoms with Gasteiger partial charge in [0, 0.05) is 12.2 Å². The van der Waals surface area contributed by atoms with Crippen LogP contribution in [0.25, 0.3) is 0 Å². The first-order valence-electron chi connectivity index (χ1n) is 12.6. The molecule has 168 valence electrons. The number of fused-ring (bicyclic) bond motifs is 5. The minimum Gasteiger partial charge on any atom is -0.415 e. The summed E-state index contributed by atoms with van der Waals surface area (Å²) in [5, 5.41) is 0. The molecular weight excluding hydrogens is 388 g/mol. The smallest absolute Gasteiger partial charge is 0.184 e. The van der Waals surface area contributed by atoms with Crippen LogP contribution in [0.5, 0.6) is 0 Å². The van der Waals surface area contributed by atoms with Crippen molar-refractivity contribution >= 4 is 16.6 Å². The van der Waals surface area contributed by atoms with Crippen LogP contribution in [0.4, 0.5) is 0 Å². The molecule has 0 aromatic carbocycles. The second-order valence-electron chi connectivity index (χ2n) is 13.8. The highest BCUT2D eigenvalue weighted by molar-refractivity contribution is 6.70. The second-order valence-corrected chi connectivity index (χ2v) is 22.7. The predicted molar refractivity (Wildman–Crippen MR) is 128 cm³/mol. The van der Waals surface area contributed by atoms with Crippen LogP contribution >= 0.6 is 0 Å². The summed E-state index contributed by atoms with van der Waals surface area (Å²) in [5.41, 5.74) is 1.12. The highest BCUT2D eigenvalue weighted by Crippen LogP contribution is 2.66. The highest BCUT2D eigenvalue weighted by Gasteiger charge is 2.59. The van der Waals surface area contributed by atoms with E-state index in [0.717, 1.165) is 23.7 Å². The van der Waals surface area contributed by atoms with Gasteiger partial charge in [0.2, 0.25) is 0 Å². The van der Waals surface area contributed by atoms with E-state index in [1.54, 1.807) is 0 Å². The van der Waals surface area contributed by atoms with Crippen molar-refractivity contribution in [2.75, 3.05) is 0 Å². The third-order valence-corrected chi connectivity index (χ3v) is 11.5. The zero-order chi connectivity index (χ0) is 21.2. The van der Waals surface area contributed by atoms with Crippen molar-refractivity contribution in [3.63, 3.8) is 0 Å². The van der Waals surface area contributed by atoms with E-state index in [2.05, 4.69) is 53.1 Å². The maximum Gasteiger partial charge on any atom is 0.184 e. The fourth-order valence-electron chi connectivity index (χ4n) is 8.41. The molecule has 0 heterocycles. The highest BCUT2D eigenvalue weighted by atomic mass is 28.4. The van der Waals surface area contributed by atoms with Crippen molar-refractivity contribution in [3.05, 3.63) is 0 Å². The Morgan fingerprint density at radius 1 is 0.690 bits per heavy atom. The van der Waals surface area contributed by atoms with E-state index in [9.17, 15) is 0 Å². The standard InChI is InChI=1S/C25H48O2Si2/c1-24-13-12-22-21(23(24)16-20(17-24)27-29(6,7)8)10-9-18-15-19(26-28(3,4)5)11-14-25(18,22)2/h18-23H,9-17H2,1-8H3/t18?,19?,20?,21-,22+,23+,24-,25+/m1/s1. The Balaban J connectivity index is 1.48. The van der Waals surface area contributed by atoms with Crippen molar-refractivity contribution in [1.82, 2.24) is 0 Å². The van der Waals surface area contributed by atoms with Gasteiger partial charge in [0.15, 0.2) is 16.6 Å². The van der Waals surface area contributed by atoms with Crippen molar-refractivity contribution in [2.45, 2.75) is 123 Å². The summed E-state index contributed by atoms with van der Waals surface area (Å²) < 4.78 is 13.2. The Hall–Kier alpha value is 0.354. The Morgan fingerprint density at radius 2 is 1.34 bits per heavy atom. The molecule has 2 nitrogen and oxygen atoms in total. The van der Waals surface area contributed by atoms with Gasteiger partial charge in [0.05, 0.1) is 0 Å². The molecule has 4 heteroatoms. The molecule has 0 radical (unpaired) electrons. The maximum absolute atomic E-state index is 6.65. The quantitative estimate of drug-likeness (QED) is 0.425. The Labute approximate surface area is 183 Å². The zero-order valence-corrected chi connectivity index (χ0v) is 22.6. The first kappa shape index (κ1) is 22.5. The van der Waals surface area contributed by atoms with E-state index in [0.29, 0.717) is 23.0 Å². The van der Waals surface area contributed by atoms with Crippen molar-refractivity contribution in [2.24, 2.45) is 34.5 Å². The molecule has 4 rings (SSSR count). The van der Waals surface area contributed by atoms with Crippen LogP contribution in [0.3, 0.4) is 0 Å². The topological polar surface area (TPSA) is 18.5 Å². The molecule has 29 heavy (non-hydrogen) atoms. The summed E-state index contributed by atoms with van der Waals surface area (Å²) in [6.07, 6.45) is 13.7. The fraction of sp³-hybridized carbons (Fsp3) is 1.00. The van der Waals surface area contributed by atoms with Crippen molar-refractivity contribution in [3.8, 4) is 0 Å². The van der Waals surface area contributed by atoms with Gasteiger partial charge in [-0.05, 0) is 132 Å². The molecule has 0 aliphatic heterocycles. The lowest BCUT2D eigenvalue weighted by molar-refractivity contribution is -0.118. The predicted octanol–water partition coefficient (Wildman–Crippen LogP) is 7.47. The van der Waals surface area contributed by atoms with Gasteiger partial charge in [0.1, 0.15) is 0 Å². The van der Waals surface area contributed by atoms with Crippen LogP contribution in [-0.2, 0) is 8.85 Å². The van der Waals surface area contributed by atoms with Gasteiger partial charge in [-0.25, -0.2) is 0 Å². The average molecular weight is 437 g/mol. The fourth-order valence-corrected chi connectivity index (χ4v) is 10.8. The molecule has 0 N–H and O–H groups in total. The normalized spacial score (nSPS) is 48.0. The van der Waals surface area contributed by atoms with Crippen molar-refractivity contribution in [1.29, 1.82) is 0 Å². The zero-order valence-electron chi connectivity index (χ0n) is 20.6. The van der Waals surface area contributed by atoms with Gasteiger partial charge in [0.25, 0.3) is 0 Å². The maximum atomic E-state index is 6.65. The molecule has 0 saturated heterocycles. The van der Waals surface area contributed by atoms with Gasteiger partial charge in [-0.3, -0.25) is 0 Å². The lowest BCUT2D eigenvalue weighted by atomic mass is 9.45. The van der Waals surface area contributed by atoms with Crippen molar-refractivity contribution < 1.29 is 8.85 Å². The second kappa shape index (κ2) is 7.45. The van der Waals surface area contributed by atoms with Gasteiger partial charge >= 0.3 is 0 Å². The molecule has 8 atom stereocenters.